The van der Waals surface area contributed by atoms with Gasteiger partial charge in [0.05, 0.1) is 25.1 Å². The predicted octanol–water partition coefficient (Wildman–Crippen LogP) is 5.45. The third-order valence-corrected chi connectivity index (χ3v) is 4.59. The van der Waals surface area contributed by atoms with Gasteiger partial charge in [-0.25, -0.2) is 0 Å². The number of halogens is 6. The predicted molar refractivity (Wildman–Crippen MR) is 77.5 cm³/mol. The molecule has 19 heavy (non-hydrogen) atoms. The smallest absolute Gasteiger partial charge is 0.250 e. The van der Waals surface area contributed by atoms with Gasteiger partial charge in [0, 0.05) is 11.6 Å². The Hall–Kier alpha value is -0.450. The number of aromatic nitrogens is 1. The fraction of sp³-hybridized carbons (Fsp3) is 0. The van der Waals surface area contributed by atoms with E-state index in [0.29, 0.717) is 0 Å². The van der Waals surface area contributed by atoms with E-state index in [1.54, 1.807) is 0 Å². The Morgan fingerprint density at radius 2 is 1.32 bits per heavy atom. The molecule has 0 fully saturated rings. The summed E-state index contributed by atoms with van der Waals surface area (Å²) in [7, 11) is 0. The van der Waals surface area contributed by atoms with Crippen LogP contribution in [0.2, 0.25) is 25.1 Å². The molecule has 0 bridgehead atoms. The highest BCUT2D eigenvalue weighted by molar-refractivity contribution is 6.56. The van der Waals surface area contributed by atoms with Gasteiger partial charge in [-0.05, 0) is 11.6 Å². The maximum absolute atomic E-state index is 13.2. The first-order valence-electron chi connectivity index (χ1n) is 4.74. The van der Waals surface area contributed by atoms with Crippen LogP contribution in [0.15, 0.2) is 16.9 Å². The van der Waals surface area contributed by atoms with Gasteiger partial charge < -0.3 is 0 Å². The lowest BCUT2D eigenvalue weighted by Crippen LogP contribution is -2.06. The second kappa shape index (κ2) is 5.51. The number of rotatable bonds is 1. The minimum Gasteiger partial charge on any atom is -0.299 e. The van der Waals surface area contributed by atoms with E-state index in [0.717, 1.165) is 12.1 Å². The number of hydrogen-bond donors (Lipinski definition) is 1. The van der Waals surface area contributed by atoms with Crippen LogP contribution in [-0.2, 0) is 0 Å². The first kappa shape index (κ1) is 14.9. The molecular weight excluding hydrogens is 358 g/mol. The van der Waals surface area contributed by atoms with Crippen LogP contribution in [0.4, 0.5) is 4.39 Å². The van der Waals surface area contributed by atoms with Crippen molar-refractivity contribution in [3.8, 4) is 11.1 Å². The van der Waals surface area contributed by atoms with Gasteiger partial charge in [0.1, 0.15) is 0 Å². The van der Waals surface area contributed by atoms with Crippen LogP contribution in [0.5, 0.6) is 0 Å². The van der Waals surface area contributed by atoms with Gasteiger partial charge in [0.15, 0.2) is 5.95 Å². The molecule has 0 saturated heterocycles. The zero-order valence-corrected chi connectivity index (χ0v) is 12.6. The molecule has 0 aliphatic heterocycles. The number of aromatic amines is 1. The van der Waals surface area contributed by atoms with Crippen molar-refractivity contribution in [1.29, 1.82) is 0 Å². The molecule has 8 heteroatoms. The van der Waals surface area contributed by atoms with E-state index in [9.17, 15) is 9.18 Å². The van der Waals surface area contributed by atoms with Gasteiger partial charge in [-0.2, -0.15) is 4.39 Å². The monoisotopic (exact) mass is 359 g/mol. The quantitative estimate of drug-likeness (QED) is 0.409. The number of hydrogen-bond acceptors (Lipinski definition) is 1. The Morgan fingerprint density at radius 3 is 1.79 bits per heavy atom. The molecular formula is C11H3Cl5FNO. The summed E-state index contributed by atoms with van der Waals surface area (Å²) in [5.41, 5.74) is -0.353. The molecule has 0 spiro atoms. The molecule has 2 aromatic rings. The molecule has 0 saturated carbocycles. The summed E-state index contributed by atoms with van der Waals surface area (Å²) in [5, 5.41) is -0.0635. The highest BCUT2D eigenvalue weighted by Crippen LogP contribution is 2.47. The molecule has 0 atom stereocenters. The summed E-state index contributed by atoms with van der Waals surface area (Å²) in [6, 6.07) is 2.17. The Kier molecular flexibility index (Phi) is 4.33. The van der Waals surface area contributed by atoms with Crippen molar-refractivity contribution >= 4 is 58.0 Å². The van der Waals surface area contributed by atoms with Crippen LogP contribution in [0, 0.1) is 5.95 Å². The lowest BCUT2D eigenvalue weighted by molar-refractivity contribution is 0.580. The van der Waals surface area contributed by atoms with Crippen LogP contribution < -0.4 is 5.56 Å². The molecule has 1 aromatic heterocycles. The van der Waals surface area contributed by atoms with E-state index in [4.69, 9.17) is 58.0 Å². The lowest BCUT2D eigenvalue weighted by Gasteiger charge is -2.12. The van der Waals surface area contributed by atoms with E-state index in [1.807, 2.05) is 4.98 Å². The minimum absolute atomic E-state index is 0.00704. The Morgan fingerprint density at radius 1 is 0.842 bits per heavy atom. The summed E-state index contributed by atoms with van der Waals surface area (Å²) >= 11 is 29.7. The Balaban J connectivity index is 2.86. The van der Waals surface area contributed by atoms with Gasteiger partial charge in [0.2, 0.25) is 0 Å². The average Bonchev–Trinajstić information content (AvgIpc) is 2.33. The Bertz CT molecular complexity index is 699. The van der Waals surface area contributed by atoms with Crippen LogP contribution in [-0.4, -0.2) is 4.98 Å². The highest BCUT2D eigenvalue weighted by Gasteiger charge is 2.21. The van der Waals surface area contributed by atoms with Crippen molar-refractivity contribution in [2.24, 2.45) is 0 Å². The normalized spacial score (nSPS) is 10.8. The van der Waals surface area contributed by atoms with Gasteiger partial charge in [0.25, 0.3) is 5.56 Å². The van der Waals surface area contributed by atoms with E-state index in [-0.39, 0.29) is 36.2 Å². The lowest BCUT2D eigenvalue weighted by atomic mass is 10.1. The number of pyridine rings is 1. The molecule has 0 radical (unpaired) electrons. The summed E-state index contributed by atoms with van der Waals surface area (Å²) in [6.45, 7) is 0. The minimum atomic E-state index is -0.836. The summed E-state index contributed by atoms with van der Waals surface area (Å²) in [5.74, 6) is -0.836. The standard InChI is InChI=1S/C11H3Cl5FNO/c12-7-6(3-1-4(17)18-5(19)2-3)8(13)10(15)11(16)9(7)14/h1-2H,(H,18,19). The molecule has 1 aromatic carbocycles. The van der Waals surface area contributed by atoms with E-state index in [2.05, 4.69) is 0 Å². The van der Waals surface area contributed by atoms with E-state index in [1.165, 1.54) is 0 Å². The van der Waals surface area contributed by atoms with Gasteiger partial charge in [-0.15, -0.1) is 0 Å². The number of benzene rings is 1. The van der Waals surface area contributed by atoms with Crippen molar-refractivity contribution in [2.45, 2.75) is 0 Å². The van der Waals surface area contributed by atoms with Crippen LogP contribution in [0.1, 0.15) is 0 Å². The zero-order chi connectivity index (χ0) is 14.3. The summed E-state index contributed by atoms with van der Waals surface area (Å²) in [6.07, 6.45) is 0. The maximum Gasteiger partial charge on any atom is 0.250 e. The topological polar surface area (TPSA) is 32.9 Å². The number of H-pyrrole nitrogens is 1. The van der Waals surface area contributed by atoms with Crippen LogP contribution in [0.3, 0.4) is 0 Å². The largest absolute Gasteiger partial charge is 0.299 e. The summed E-state index contributed by atoms with van der Waals surface area (Å²) < 4.78 is 13.2. The fourth-order valence-corrected chi connectivity index (χ4v) is 2.87. The van der Waals surface area contributed by atoms with Crippen LogP contribution >= 0.6 is 58.0 Å². The number of nitrogens with one attached hydrogen (secondary N) is 1. The molecule has 1 N–H and O–H groups in total. The fourth-order valence-electron chi connectivity index (χ4n) is 1.51. The molecule has 0 aliphatic rings. The average molecular weight is 361 g/mol. The molecule has 0 aliphatic carbocycles. The second-order valence-electron chi connectivity index (χ2n) is 3.53. The van der Waals surface area contributed by atoms with Gasteiger partial charge in [-0.3, -0.25) is 9.78 Å². The SMILES string of the molecule is O=c1cc(-c2c(Cl)c(Cl)c(Cl)c(Cl)c2Cl)cc(F)[nH]1. The highest BCUT2D eigenvalue weighted by atomic mass is 35.5. The van der Waals surface area contributed by atoms with Gasteiger partial charge >= 0.3 is 0 Å². The van der Waals surface area contributed by atoms with Crippen molar-refractivity contribution in [3.05, 3.63) is 53.5 Å². The molecule has 0 amide bonds. The Labute approximate surface area is 132 Å². The molecule has 0 unspecified atom stereocenters. The maximum atomic E-state index is 13.2. The van der Waals surface area contributed by atoms with E-state index < -0.39 is 11.5 Å². The van der Waals surface area contributed by atoms with Crippen molar-refractivity contribution in [2.75, 3.05) is 0 Å². The van der Waals surface area contributed by atoms with Crippen molar-refractivity contribution in [3.63, 3.8) is 0 Å². The second-order valence-corrected chi connectivity index (χ2v) is 5.42. The molecule has 1 heterocycles. The van der Waals surface area contributed by atoms with Crippen molar-refractivity contribution in [1.82, 2.24) is 4.98 Å². The first-order valence-corrected chi connectivity index (χ1v) is 6.63. The van der Waals surface area contributed by atoms with Gasteiger partial charge in [-0.1, -0.05) is 58.0 Å². The third-order valence-electron chi connectivity index (χ3n) is 2.31. The third kappa shape index (κ3) is 2.71. The van der Waals surface area contributed by atoms with Crippen LogP contribution in [0.25, 0.3) is 11.1 Å². The molecule has 100 valence electrons. The first-order chi connectivity index (χ1) is 8.82. The zero-order valence-electron chi connectivity index (χ0n) is 8.83. The van der Waals surface area contributed by atoms with Crippen molar-refractivity contribution < 1.29 is 4.39 Å². The summed E-state index contributed by atoms with van der Waals surface area (Å²) in [4.78, 5) is 13.2. The molecule has 2 rings (SSSR count). The molecule has 2 nitrogen and oxygen atoms in total. The van der Waals surface area contributed by atoms with E-state index >= 15 is 0 Å².